The van der Waals surface area contributed by atoms with Crippen molar-refractivity contribution >= 4 is 16.7 Å². The Bertz CT molecular complexity index is 1700. The molecule has 0 amide bonds. The van der Waals surface area contributed by atoms with Gasteiger partial charge in [0, 0.05) is 17.2 Å². The highest BCUT2D eigenvalue weighted by Gasteiger charge is 2.17. The second kappa shape index (κ2) is 8.53. The van der Waals surface area contributed by atoms with Crippen LogP contribution in [0.4, 0.5) is 0 Å². The Hall–Kier alpha value is -4.65. The van der Waals surface area contributed by atoms with Crippen LogP contribution in [0.25, 0.3) is 50.7 Å². The highest BCUT2D eigenvalue weighted by atomic mass is 16.5. The van der Waals surface area contributed by atoms with Gasteiger partial charge in [-0.05, 0) is 61.4 Å². The van der Waals surface area contributed by atoms with E-state index >= 15 is 0 Å². The zero-order chi connectivity index (χ0) is 24.8. The lowest BCUT2D eigenvalue weighted by atomic mass is 10.1. The van der Waals surface area contributed by atoms with Gasteiger partial charge in [0.2, 0.25) is 0 Å². The molecule has 3 aromatic heterocycles. The van der Waals surface area contributed by atoms with Crippen molar-refractivity contribution in [2.24, 2.45) is 0 Å². The van der Waals surface area contributed by atoms with Crippen LogP contribution in [0, 0.1) is 13.8 Å². The summed E-state index contributed by atoms with van der Waals surface area (Å²) in [7, 11) is 3.26. The van der Waals surface area contributed by atoms with E-state index in [1.807, 2.05) is 65.2 Å². The fourth-order valence-corrected chi connectivity index (χ4v) is 4.44. The van der Waals surface area contributed by atoms with Gasteiger partial charge in [-0.3, -0.25) is 0 Å². The Labute approximate surface area is 208 Å². The average Bonchev–Trinajstić information content (AvgIpc) is 3.52. The zero-order valence-corrected chi connectivity index (χ0v) is 20.5. The van der Waals surface area contributed by atoms with E-state index in [1.54, 1.807) is 14.2 Å². The summed E-state index contributed by atoms with van der Waals surface area (Å²) >= 11 is 0. The van der Waals surface area contributed by atoms with Crippen molar-refractivity contribution < 1.29 is 9.47 Å². The molecule has 0 aliphatic carbocycles. The predicted octanol–water partition coefficient (Wildman–Crippen LogP) is 6.24. The Morgan fingerprint density at radius 2 is 1.50 bits per heavy atom. The van der Waals surface area contributed by atoms with Gasteiger partial charge in [0.15, 0.2) is 23.0 Å². The molecule has 6 rings (SSSR count). The predicted molar refractivity (Wildman–Crippen MR) is 142 cm³/mol. The number of aryl methyl sites for hydroxylation is 2. The molecule has 0 aliphatic heterocycles. The number of aromatic nitrogens is 5. The second-order valence-corrected chi connectivity index (χ2v) is 8.80. The van der Waals surface area contributed by atoms with E-state index in [9.17, 15) is 0 Å². The SMILES string of the molecule is COc1ccc(-c2cc(-c3nc4cc(C)c(C)cc4[nH]3)nc3cc(-c4ccccc4)nn23)cc1OC. The first kappa shape index (κ1) is 21.9. The molecule has 0 spiro atoms. The van der Waals surface area contributed by atoms with E-state index in [4.69, 9.17) is 24.5 Å². The fraction of sp³-hybridized carbons (Fsp3) is 0.138. The number of H-pyrrole nitrogens is 1. The average molecular weight is 476 g/mol. The first-order valence-electron chi connectivity index (χ1n) is 11.7. The van der Waals surface area contributed by atoms with Gasteiger partial charge >= 0.3 is 0 Å². The number of nitrogens with one attached hydrogen (secondary N) is 1. The maximum Gasteiger partial charge on any atom is 0.161 e. The monoisotopic (exact) mass is 475 g/mol. The Morgan fingerprint density at radius 1 is 0.722 bits per heavy atom. The van der Waals surface area contributed by atoms with Crippen molar-refractivity contribution in [3.63, 3.8) is 0 Å². The molecule has 0 unspecified atom stereocenters. The summed E-state index contributed by atoms with van der Waals surface area (Å²) in [5, 5.41) is 4.91. The number of methoxy groups -OCH3 is 2. The van der Waals surface area contributed by atoms with Crippen molar-refractivity contribution in [3.05, 3.63) is 83.9 Å². The molecule has 0 fully saturated rings. The smallest absolute Gasteiger partial charge is 0.161 e. The molecule has 36 heavy (non-hydrogen) atoms. The third-order valence-electron chi connectivity index (χ3n) is 6.52. The van der Waals surface area contributed by atoms with Crippen LogP contribution in [0.5, 0.6) is 11.5 Å². The lowest BCUT2D eigenvalue weighted by molar-refractivity contribution is 0.355. The van der Waals surface area contributed by atoms with Crippen LogP contribution in [0.15, 0.2) is 72.8 Å². The second-order valence-electron chi connectivity index (χ2n) is 8.80. The minimum Gasteiger partial charge on any atom is -0.493 e. The standard InChI is InChI=1S/C29H25N5O2/c1-17-12-22-23(13-18(17)2)32-29(31-22)24-15-25(20-10-11-26(35-3)27(14-20)36-4)34-28(30-24)16-21(33-34)19-8-6-5-7-9-19/h5-16H,1-4H3,(H,31,32). The summed E-state index contributed by atoms with van der Waals surface area (Å²) in [6.07, 6.45) is 0. The molecule has 0 atom stereocenters. The molecule has 7 nitrogen and oxygen atoms in total. The van der Waals surface area contributed by atoms with Crippen LogP contribution in [-0.2, 0) is 0 Å². The van der Waals surface area contributed by atoms with Gasteiger partial charge in [-0.15, -0.1) is 0 Å². The molecule has 3 aromatic carbocycles. The molecule has 3 heterocycles. The zero-order valence-electron chi connectivity index (χ0n) is 20.5. The largest absolute Gasteiger partial charge is 0.493 e. The lowest BCUT2D eigenvalue weighted by Crippen LogP contribution is -2.00. The number of ether oxygens (including phenoxy) is 2. The summed E-state index contributed by atoms with van der Waals surface area (Å²) in [6.45, 7) is 4.20. The molecule has 0 radical (unpaired) electrons. The first-order chi connectivity index (χ1) is 17.5. The first-order valence-corrected chi connectivity index (χ1v) is 11.7. The maximum absolute atomic E-state index is 5.57. The Balaban J connectivity index is 1.59. The van der Waals surface area contributed by atoms with E-state index in [-0.39, 0.29) is 0 Å². The third-order valence-corrected chi connectivity index (χ3v) is 6.52. The molecular weight excluding hydrogens is 450 g/mol. The van der Waals surface area contributed by atoms with Crippen LogP contribution in [0.2, 0.25) is 0 Å². The van der Waals surface area contributed by atoms with Crippen molar-refractivity contribution in [3.8, 4) is 45.5 Å². The summed E-state index contributed by atoms with van der Waals surface area (Å²) < 4.78 is 12.9. The van der Waals surface area contributed by atoms with Gasteiger partial charge in [-0.1, -0.05) is 30.3 Å². The van der Waals surface area contributed by atoms with Gasteiger partial charge in [0.1, 0.15) is 5.69 Å². The van der Waals surface area contributed by atoms with Crippen molar-refractivity contribution in [2.75, 3.05) is 14.2 Å². The Kier molecular flexibility index (Phi) is 5.18. The molecule has 6 aromatic rings. The van der Waals surface area contributed by atoms with Gasteiger partial charge in [-0.2, -0.15) is 5.10 Å². The van der Waals surface area contributed by atoms with Gasteiger partial charge < -0.3 is 14.5 Å². The molecule has 0 saturated heterocycles. The molecule has 7 heteroatoms. The number of hydrogen-bond acceptors (Lipinski definition) is 5. The minimum atomic E-state index is 0.645. The molecule has 1 N–H and O–H groups in total. The number of benzene rings is 3. The summed E-state index contributed by atoms with van der Waals surface area (Å²) in [6, 6.07) is 24.2. The van der Waals surface area contributed by atoms with Crippen LogP contribution >= 0.6 is 0 Å². The summed E-state index contributed by atoms with van der Waals surface area (Å²) in [5.41, 5.74) is 9.45. The van der Waals surface area contributed by atoms with Crippen molar-refractivity contribution in [1.82, 2.24) is 24.6 Å². The van der Waals surface area contributed by atoms with E-state index in [0.29, 0.717) is 17.3 Å². The number of fused-ring (bicyclic) bond motifs is 2. The minimum absolute atomic E-state index is 0.645. The Morgan fingerprint density at radius 3 is 2.28 bits per heavy atom. The van der Waals surface area contributed by atoms with E-state index in [2.05, 4.69) is 31.0 Å². The van der Waals surface area contributed by atoms with E-state index < -0.39 is 0 Å². The number of hydrogen-bond donors (Lipinski definition) is 1. The van der Waals surface area contributed by atoms with Gasteiger partial charge in [-0.25, -0.2) is 14.5 Å². The summed E-state index contributed by atoms with van der Waals surface area (Å²) in [5.74, 6) is 2.02. The quantitative estimate of drug-likeness (QED) is 0.319. The maximum atomic E-state index is 5.57. The van der Waals surface area contributed by atoms with Gasteiger partial charge in [0.05, 0.1) is 36.6 Å². The van der Waals surface area contributed by atoms with Crippen LogP contribution in [0.3, 0.4) is 0 Å². The lowest BCUT2D eigenvalue weighted by Gasteiger charge is -2.11. The molecular formula is C29H25N5O2. The highest BCUT2D eigenvalue weighted by molar-refractivity contribution is 5.82. The normalized spacial score (nSPS) is 11.3. The van der Waals surface area contributed by atoms with E-state index in [0.717, 1.165) is 44.9 Å². The third kappa shape index (κ3) is 3.65. The van der Waals surface area contributed by atoms with Crippen LogP contribution < -0.4 is 9.47 Å². The van der Waals surface area contributed by atoms with Gasteiger partial charge in [0.25, 0.3) is 0 Å². The molecule has 0 bridgehead atoms. The summed E-state index contributed by atoms with van der Waals surface area (Å²) in [4.78, 5) is 13.3. The van der Waals surface area contributed by atoms with Crippen LogP contribution in [0.1, 0.15) is 11.1 Å². The fourth-order valence-electron chi connectivity index (χ4n) is 4.44. The molecule has 0 aliphatic rings. The molecule has 178 valence electrons. The number of imidazole rings is 1. The number of nitrogens with zero attached hydrogens (tertiary/aromatic N) is 4. The topological polar surface area (TPSA) is 77.3 Å². The van der Waals surface area contributed by atoms with E-state index in [1.165, 1.54) is 11.1 Å². The van der Waals surface area contributed by atoms with Crippen molar-refractivity contribution in [2.45, 2.75) is 13.8 Å². The highest BCUT2D eigenvalue weighted by Crippen LogP contribution is 2.34. The number of aromatic amines is 1. The molecule has 0 saturated carbocycles. The number of rotatable bonds is 5. The van der Waals surface area contributed by atoms with Crippen LogP contribution in [-0.4, -0.2) is 38.8 Å². The van der Waals surface area contributed by atoms with Crippen molar-refractivity contribution in [1.29, 1.82) is 0 Å².